The first-order valence-corrected chi connectivity index (χ1v) is 6.96. The highest BCUT2D eigenvalue weighted by Crippen LogP contribution is 2.25. The van der Waals surface area contributed by atoms with Gasteiger partial charge in [0.25, 0.3) is 11.6 Å². The SMILES string of the molecule is O=[N+]([O-])c1cccc(-c2noc(COc3ccccc3Cl)n2)c1. The molecule has 0 saturated heterocycles. The third-order valence-corrected chi connectivity index (χ3v) is 3.28. The molecule has 0 amide bonds. The number of para-hydroxylation sites is 1. The number of nitro benzene ring substituents is 1. The van der Waals surface area contributed by atoms with Crippen molar-refractivity contribution in [2.75, 3.05) is 0 Å². The van der Waals surface area contributed by atoms with Gasteiger partial charge in [-0.2, -0.15) is 4.98 Å². The molecule has 0 atom stereocenters. The summed E-state index contributed by atoms with van der Waals surface area (Å²) in [7, 11) is 0. The maximum absolute atomic E-state index is 10.8. The zero-order valence-corrected chi connectivity index (χ0v) is 12.4. The Morgan fingerprint density at radius 2 is 2.04 bits per heavy atom. The fraction of sp³-hybridized carbons (Fsp3) is 0.0667. The van der Waals surface area contributed by atoms with E-state index in [-0.39, 0.29) is 24.0 Å². The highest BCUT2D eigenvalue weighted by atomic mass is 35.5. The number of hydrogen-bond acceptors (Lipinski definition) is 6. The number of ether oxygens (including phenoxy) is 1. The molecular weight excluding hydrogens is 322 g/mol. The van der Waals surface area contributed by atoms with Crippen molar-refractivity contribution in [3.8, 4) is 17.1 Å². The molecule has 8 heteroatoms. The summed E-state index contributed by atoms with van der Waals surface area (Å²) in [5, 5.41) is 15.1. The summed E-state index contributed by atoms with van der Waals surface area (Å²) in [6.07, 6.45) is 0. The molecular formula is C15H10ClN3O4. The minimum absolute atomic E-state index is 0.0406. The summed E-state index contributed by atoms with van der Waals surface area (Å²) in [5.41, 5.74) is 0.452. The van der Waals surface area contributed by atoms with E-state index in [0.29, 0.717) is 16.3 Å². The number of non-ortho nitro benzene ring substituents is 1. The van der Waals surface area contributed by atoms with Gasteiger partial charge >= 0.3 is 0 Å². The summed E-state index contributed by atoms with van der Waals surface area (Å²) in [6.45, 7) is 0.0473. The van der Waals surface area contributed by atoms with Crippen LogP contribution in [0.5, 0.6) is 5.75 Å². The van der Waals surface area contributed by atoms with Crippen LogP contribution in [0.25, 0.3) is 11.4 Å². The summed E-state index contributed by atoms with van der Waals surface area (Å²) < 4.78 is 10.6. The van der Waals surface area contributed by atoms with Crippen LogP contribution in [-0.4, -0.2) is 15.1 Å². The van der Waals surface area contributed by atoms with E-state index < -0.39 is 4.92 Å². The van der Waals surface area contributed by atoms with Gasteiger partial charge in [0, 0.05) is 17.7 Å². The van der Waals surface area contributed by atoms with Crippen LogP contribution < -0.4 is 4.74 Å². The molecule has 0 saturated carbocycles. The molecule has 0 aliphatic heterocycles. The van der Waals surface area contributed by atoms with Gasteiger partial charge in [0.05, 0.1) is 9.95 Å². The zero-order chi connectivity index (χ0) is 16.2. The fourth-order valence-electron chi connectivity index (χ4n) is 1.89. The predicted octanol–water partition coefficient (Wildman–Crippen LogP) is 3.88. The van der Waals surface area contributed by atoms with Crippen LogP contribution in [0.3, 0.4) is 0 Å². The van der Waals surface area contributed by atoms with E-state index in [0.717, 1.165) is 0 Å². The summed E-state index contributed by atoms with van der Waals surface area (Å²) in [5.74, 6) is 1.00. The third-order valence-electron chi connectivity index (χ3n) is 2.97. The number of rotatable bonds is 5. The Kier molecular flexibility index (Phi) is 4.20. The second kappa shape index (κ2) is 6.45. The Morgan fingerprint density at radius 1 is 1.22 bits per heavy atom. The van der Waals surface area contributed by atoms with Crippen LogP contribution in [0.4, 0.5) is 5.69 Å². The maximum Gasteiger partial charge on any atom is 0.270 e. The molecule has 116 valence electrons. The topological polar surface area (TPSA) is 91.3 Å². The lowest BCUT2D eigenvalue weighted by Gasteiger charge is -2.04. The van der Waals surface area contributed by atoms with Crippen LogP contribution in [0, 0.1) is 10.1 Å². The quantitative estimate of drug-likeness (QED) is 0.520. The van der Waals surface area contributed by atoms with Gasteiger partial charge in [0.2, 0.25) is 5.82 Å². The van der Waals surface area contributed by atoms with Crippen molar-refractivity contribution in [2.24, 2.45) is 0 Å². The van der Waals surface area contributed by atoms with Crippen LogP contribution in [-0.2, 0) is 6.61 Å². The highest BCUT2D eigenvalue weighted by molar-refractivity contribution is 6.32. The first-order chi connectivity index (χ1) is 11.1. The van der Waals surface area contributed by atoms with Crippen molar-refractivity contribution < 1.29 is 14.2 Å². The molecule has 3 rings (SSSR count). The number of aromatic nitrogens is 2. The van der Waals surface area contributed by atoms with Crippen molar-refractivity contribution in [1.29, 1.82) is 0 Å². The molecule has 2 aromatic carbocycles. The fourth-order valence-corrected chi connectivity index (χ4v) is 2.08. The van der Waals surface area contributed by atoms with E-state index in [1.807, 2.05) is 0 Å². The van der Waals surface area contributed by atoms with Gasteiger partial charge in [-0.1, -0.05) is 41.0 Å². The van der Waals surface area contributed by atoms with Gasteiger partial charge in [0.1, 0.15) is 5.75 Å². The summed E-state index contributed by atoms with van der Waals surface area (Å²) in [4.78, 5) is 14.5. The van der Waals surface area contributed by atoms with Crippen LogP contribution in [0.2, 0.25) is 5.02 Å². The Balaban J connectivity index is 1.74. The standard InChI is InChI=1S/C15H10ClN3O4/c16-12-6-1-2-7-13(12)22-9-14-17-15(18-23-14)10-4-3-5-11(8-10)19(20)21/h1-8H,9H2. The van der Waals surface area contributed by atoms with Crippen molar-refractivity contribution in [2.45, 2.75) is 6.61 Å². The average molecular weight is 332 g/mol. The molecule has 1 aromatic heterocycles. The van der Waals surface area contributed by atoms with Gasteiger partial charge in [-0.25, -0.2) is 0 Å². The van der Waals surface area contributed by atoms with E-state index in [9.17, 15) is 10.1 Å². The smallest absolute Gasteiger partial charge is 0.270 e. The Morgan fingerprint density at radius 3 is 2.83 bits per heavy atom. The zero-order valence-electron chi connectivity index (χ0n) is 11.7. The van der Waals surface area contributed by atoms with Crippen molar-refractivity contribution >= 4 is 17.3 Å². The van der Waals surface area contributed by atoms with Crippen LogP contribution in [0.1, 0.15) is 5.89 Å². The monoisotopic (exact) mass is 331 g/mol. The van der Waals surface area contributed by atoms with E-state index >= 15 is 0 Å². The number of benzene rings is 2. The minimum Gasteiger partial charge on any atom is -0.482 e. The number of hydrogen-bond donors (Lipinski definition) is 0. The normalized spacial score (nSPS) is 10.5. The number of nitrogens with zero attached hydrogens (tertiary/aromatic N) is 3. The van der Waals surface area contributed by atoms with E-state index in [1.165, 1.54) is 12.1 Å². The molecule has 23 heavy (non-hydrogen) atoms. The van der Waals surface area contributed by atoms with Crippen molar-refractivity contribution in [1.82, 2.24) is 10.1 Å². The van der Waals surface area contributed by atoms with E-state index in [1.54, 1.807) is 36.4 Å². The number of nitro groups is 1. The van der Waals surface area contributed by atoms with E-state index in [2.05, 4.69) is 10.1 Å². The second-order valence-corrected chi connectivity index (χ2v) is 4.95. The molecule has 0 fully saturated rings. The molecule has 1 heterocycles. The molecule has 7 nitrogen and oxygen atoms in total. The summed E-state index contributed by atoms with van der Waals surface area (Å²) >= 11 is 5.98. The lowest BCUT2D eigenvalue weighted by atomic mass is 10.2. The first kappa shape index (κ1) is 15.0. The first-order valence-electron chi connectivity index (χ1n) is 6.58. The molecule has 0 aliphatic rings. The largest absolute Gasteiger partial charge is 0.482 e. The van der Waals surface area contributed by atoms with Gasteiger partial charge in [-0.05, 0) is 12.1 Å². The van der Waals surface area contributed by atoms with Crippen molar-refractivity contribution in [3.63, 3.8) is 0 Å². The average Bonchev–Trinajstić information content (AvgIpc) is 3.03. The van der Waals surface area contributed by atoms with Crippen LogP contribution >= 0.6 is 11.6 Å². The second-order valence-electron chi connectivity index (χ2n) is 4.54. The lowest BCUT2D eigenvalue weighted by Crippen LogP contribution is -1.96. The highest BCUT2D eigenvalue weighted by Gasteiger charge is 2.13. The van der Waals surface area contributed by atoms with Gasteiger partial charge in [-0.15, -0.1) is 0 Å². The van der Waals surface area contributed by atoms with E-state index in [4.69, 9.17) is 20.9 Å². The van der Waals surface area contributed by atoms with Gasteiger partial charge in [0.15, 0.2) is 6.61 Å². The Labute approximate surface area is 135 Å². The Hall–Kier alpha value is -2.93. The molecule has 0 N–H and O–H groups in total. The maximum atomic E-state index is 10.8. The molecule has 0 radical (unpaired) electrons. The molecule has 0 aliphatic carbocycles. The Bertz CT molecular complexity index is 850. The lowest BCUT2D eigenvalue weighted by molar-refractivity contribution is -0.384. The van der Waals surface area contributed by atoms with Crippen molar-refractivity contribution in [3.05, 3.63) is 69.6 Å². The van der Waals surface area contributed by atoms with Crippen LogP contribution in [0.15, 0.2) is 53.1 Å². The molecule has 0 spiro atoms. The van der Waals surface area contributed by atoms with Gasteiger partial charge < -0.3 is 9.26 Å². The summed E-state index contributed by atoms with van der Waals surface area (Å²) in [6, 6.07) is 13.0. The molecule has 0 bridgehead atoms. The van der Waals surface area contributed by atoms with Gasteiger partial charge in [-0.3, -0.25) is 10.1 Å². The molecule has 3 aromatic rings. The number of halogens is 1. The predicted molar refractivity (Wildman–Crippen MR) is 82.2 cm³/mol. The molecule has 0 unspecified atom stereocenters. The minimum atomic E-state index is -0.481. The third kappa shape index (κ3) is 3.46.